The molecule has 0 aromatic heterocycles. The van der Waals surface area contributed by atoms with Crippen LogP contribution >= 0.6 is 11.6 Å². The van der Waals surface area contributed by atoms with Crippen LogP contribution in [0.4, 0.5) is 5.69 Å². The molecular formula is C25H18ClNO6. The van der Waals surface area contributed by atoms with Crippen LogP contribution in [0, 0.1) is 6.92 Å². The van der Waals surface area contributed by atoms with E-state index in [1.807, 2.05) is 6.92 Å². The molecule has 0 spiro atoms. The third-order valence-electron chi connectivity index (χ3n) is 5.02. The number of carbonyl (C=O) groups excluding carboxylic acids is 4. The maximum Gasteiger partial charge on any atom is 0.344 e. The van der Waals surface area contributed by atoms with Gasteiger partial charge < -0.3 is 14.8 Å². The maximum atomic E-state index is 13.0. The molecule has 3 aromatic carbocycles. The minimum atomic E-state index is -0.766. The van der Waals surface area contributed by atoms with Crippen molar-refractivity contribution in [3.8, 4) is 5.75 Å². The molecule has 0 atom stereocenters. The van der Waals surface area contributed by atoms with Crippen LogP contribution in [0.15, 0.2) is 60.7 Å². The monoisotopic (exact) mass is 463 g/mol. The SMILES string of the molecule is Cc1ccc(Cl)c(OCC(=O)OCC(=O)Nc2cccc3c2C(=O)c2ccccc2C3=O)c1. The van der Waals surface area contributed by atoms with Crippen LogP contribution in [0.2, 0.25) is 5.02 Å². The Balaban J connectivity index is 1.40. The van der Waals surface area contributed by atoms with Gasteiger partial charge in [-0.3, -0.25) is 14.4 Å². The fourth-order valence-electron chi connectivity index (χ4n) is 3.48. The quantitative estimate of drug-likeness (QED) is 0.434. The summed E-state index contributed by atoms with van der Waals surface area (Å²) in [6, 6.07) is 16.3. The van der Waals surface area contributed by atoms with E-state index in [4.69, 9.17) is 21.1 Å². The second-order valence-corrected chi connectivity index (χ2v) is 7.77. The first-order valence-electron chi connectivity index (χ1n) is 10.0. The molecule has 8 heteroatoms. The number of esters is 1. The summed E-state index contributed by atoms with van der Waals surface area (Å²) in [7, 11) is 0. The van der Waals surface area contributed by atoms with Crippen molar-refractivity contribution >= 4 is 40.7 Å². The third-order valence-corrected chi connectivity index (χ3v) is 5.34. The lowest BCUT2D eigenvalue weighted by molar-refractivity contribution is -0.149. The van der Waals surface area contributed by atoms with E-state index in [0.717, 1.165) is 5.56 Å². The van der Waals surface area contributed by atoms with E-state index in [2.05, 4.69) is 5.32 Å². The van der Waals surface area contributed by atoms with Gasteiger partial charge in [0, 0.05) is 16.7 Å². The standard InChI is InChI=1S/C25H18ClNO6/c1-14-9-10-18(26)20(11-14)32-13-22(29)33-12-21(28)27-19-8-4-7-17-23(19)25(31)16-6-3-2-5-15(16)24(17)30/h2-11H,12-13H2,1H3,(H,27,28). The topological polar surface area (TPSA) is 98.8 Å². The van der Waals surface area contributed by atoms with Crippen molar-refractivity contribution in [1.82, 2.24) is 0 Å². The Morgan fingerprint density at radius 1 is 0.879 bits per heavy atom. The second kappa shape index (κ2) is 9.26. The molecule has 1 N–H and O–H groups in total. The minimum Gasteiger partial charge on any atom is -0.480 e. The maximum absolute atomic E-state index is 13.0. The molecule has 0 unspecified atom stereocenters. The molecule has 1 aliphatic rings. The highest BCUT2D eigenvalue weighted by molar-refractivity contribution is 6.32. The van der Waals surface area contributed by atoms with E-state index in [0.29, 0.717) is 16.3 Å². The molecule has 166 valence electrons. The van der Waals surface area contributed by atoms with Gasteiger partial charge in [-0.05, 0) is 30.7 Å². The van der Waals surface area contributed by atoms with Crippen LogP contribution in [0.3, 0.4) is 0 Å². The Labute approximate surface area is 194 Å². The minimum absolute atomic E-state index is 0.110. The van der Waals surface area contributed by atoms with Crippen molar-refractivity contribution in [2.45, 2.75) is 6.92 Å². The van der Waals surface area contributed by atoms with Gasteiger partial charge >= 0.3 is 5.97 Å². The van der Waals surface area contributed by atoms with Crippen LogP contribution in [0.25, 0.3) is 0 Å². The van der Waals surface area contributed by atoms with E-state index >= 15 is 0 Å². The zero-order valence-corrected chi connectivity index (χ0v) is 18.3. The molecule has 7 nitrogen and oxygen atoms in total. The summed E-state index contributed by atoms with van der Waals surface area (Å²) >= 11 is 6.02. The molecule has 0 fully saturated rings. The Morgan fingerprint density at radius 3 is 2.33 bits per heavy atom. The summed E-state index contributed by atoms with van der Waals surface area (Å²) in [5.41, 5.74) is 1.99. The van der Waals surface area contributed by atoms with Gasteiger partial charge in [0.05, 0.1) is 16.3 Å². The molecule has 1 amide bonds. The lowest BCUT2D eigenvalue weighted by atomic mass is 9.83. The molecule has 0 saturated heterocycles. The number of anilines is 1. The number of hydrogen-bond acceptors (Lipinski definition) is 6. The van der Waals surface area contributed by atoms with Crippen LogP contribution in [-0.2, 0) is 14.3 Å². The number of rotatable bonds is 6. The Bertz CT molecular complexity index is 1300. The largest absolute Gasteiger partial charge is 0.480 e. The number of ether oxygens (including phenoxy) is 2. The first-order chi connectivity index (χ1) is 15.8. The fourth-order valence-corrected chi connectivity index (χ4v) is 3.65. The summed E-state index contributed by atoms with van der Waals surface area (Å²) in [6.45, 7) is 0.831. The smallest absolute Gasteiger partial charge is 0.344 e. The van der Waals surface area contributed by atoms with E-state index < -0.39 is 25.1 Å². The Kier molecular flexibility index (Phi) is 6.24. The predicted octanol–water partition coefficient (Wildman–Crippen LogP) is 3.98. The van der Waals surface area contributed by atoms with E-state index in [1.54, 1.807) is 48.5 Å². The number of hydrogen-bond donors (Lipinski definition) is 1. The highest BCUT2D eigenvalue weighted by Gasteiger charge is 2.31. The summed E-state index contributed by atoms with van der Waals surface area (Å²) in [6.07, 6.45) is 0. The number of nitrogens with one attached hydrogen (secondary N) is 1. The highest BCUT2D eigenvalue weighted by atomic mass is 35.5. The zero-order valence-electron chi connectivity index (χ0n) is 17.5. The number of benzene rings is 3. The average molecular weight is 464 g/mol. The van der Waals surface area contributed by atoms with Gasteiger partial charge in [-0.25, -0.2) is 4.79 Å². The van der Waals surface area contributed by atoms with Crippen molar-refractivity contribution in [2.24, 2.45) is 0 Å². The fraction of sp³-hybridized carbons (Fsp3) is 0.120. The lowest BCUT2D eigenvalue weighted by Crippen LogP contribution is -2.26. The molecule has 3 aromatic rings. The van der Waals surface area contributed by atoms with Crippen molar-refractivity contribution in [2.75, 3.05) is 18.5 Å². The van der Waals surface area contributed by atoms with E-state index in [1.165, 1.54) is 12.1 Å². The molecule has 0 aliphatic heterocycles. The molecule has 1 aliphatic carbocycles. The van der Waals surface area contributed by atoms with E-state index in [9.17, 15) is 19.2 Å². The van der Waals surface area contributed by atoms with Gasteiger partial charge in [-0.2, -0.15) is 0 Å². The van der Waals surface area contributed by atoms with Crippen molar-refractivity contribution in [3.05, 3.63) is 93.5 Å². The number of amides is 1. The summed E-state index contributed by atoms with van der Waals surface area (Å²) in [5, 5.41) is 2.89. The number of halogens is 1. The van der Waals surface area contributed by atoms with Gasteiger partial charge in [0.25, 0.3) is 5.91 Å². The zero-order chi connectivity index (χ0) is 23.5. The summed E-state index contributed by atoms with van der Waals surface area (Å²) in [5.74, 6) is -1.76. The van der Waals surface area contributed by atoms with Gasteiger partial charge in [0.1, 0.15) is 5.75 Å². The molecule has 0 saturated carbocycles. The third kappa shape index (κ3) is 4.63. The molecule has 0 bridgehead atoms. The molecular weight excluding hydrogens is 446 g/mol. The average Bonchev–Trinajstić information content (AvgIpc) is 2.81. The molecule has 4 rings (SSSR count). The van der Waals surface area contributed by atoms with Crippen LogP contribution in [0.1, 0.15) is 37.4 Å². The van der Waals surface area contributed by atoms with Crippen LogP contribution in [-0.4, -0.2) is 36.7 Å². The van der Waals surface area contributed by atoms with E-state index in [-0.39, 0.29) is 33.9 Å². The molecule has 0 heterocycles. The summed E-state index contributed by atoms with van der Waals surface area (Å²) < 4.78 is 10.3. The number of ketones is 2. The van der Waals surface area contributed by atoms with Crippen LogP contribution in [0.5, 0.6) is 5.75 Å². The van der Waals surface area contributed by atoms with Gasteiger partial charge in [-0.1, -0.05) is 54.1 Å². The Hall–Kier alpha value is -3.97. The molecule has 0 radical (unpaired) electrons. The number of fused-ring (bicyclic) bond motifs is 2. The van der Waals surface area contributed by atoms with Gasteiger partial charge in [-0.15, -0.1) is 0 Å². The predicted molar refractivity (Wildman–Crippen MR) is 121 cm³/mol. The first kappa shape index (κ1) is 22.2. The van der Waals surface area contributed by atoms with Crippen molar-refractivity contribution < 1.29 is 28.7 Å². The normalized spacial score (nSPS) is 11.9. The van der Waals surface area contributed by atoms with Crippen molar-refractivity contribution in [3.63, 3.8) is 0 Å². The molecule has 33 heavy (non-hydrogen) atoms. The second-order valence-electron chi connectivity index (χ2n) is 7.36. The number of aryl methyl sites for hydroxylation is 1. The Morgan fingerprint density at radius 2 is 1.58 bits per heavy atom. The van der Waals surface area contributed by atoms with Crippen LogP contribution < -0.4 is 10.1 Å². The first-order valence-corrected chi connectivity index (χ1v) is 10.4. The highest BCUT2D eigenvalue weighted by Crippen LogP contribution is 2.32. The van der Waals surface area contributed by atoms with Gasteiger partial charge in [0.2, 0.25) is 0 Å². The van der Waals surface area contributed by atoms with Crippen molar-refractivity contribution in [1.29, 1.82) is 0 Å². The van der Waals surface area contributed by atoms with Gasteiger partial charge in [0.15, 0.2) is 24.8 Å². The lowest BCUT2D eigenvalue weighted by Gasteiger charge is -2.20. The number of carbonyl (C=O) groups is 4. The summed E-state index contributed by atoms with van der Waals surface area (Å²) in [4.78, 5) is 50.1.